The summed E-state index contributed by atoms with van der Waals surface area (Å²) in [4.78, 5) is 28.9. The Bertz CT molecular complexity index is 1270. The van der Waals surface area contributed by atoms with Crippen molar-refractivity contribution in [3.8, 4) is 17.3 Å². The summed E-state index contributed by atoms with van der Waals surface area (Å²) in [6.07, 6.45) is 1.63. The van der Waals surface area contributed by atoms with Crippen molar-refractivity contribution in [1.82, 2.24) is 14.1 Å². The molecule has 4 rings (SSSR count). The van der Waals surface area contributed by atoms with Gasteiger partial charge in [0.25, 0.3) is 11.8 Å². The number of ether oxygens (including phenoxy) is 1. The van der Waals surface area contributed by atoms with Gasteiger partial charge in [0.05, 0.1) is 23.7 Å². The van der Waals surface area contributed by atoms with E-state index in [-0.39, 0.29) is 11.5 Å². The lowest BCUT2D eigenvalue weighted by molar-refractivity contribution is 0.0995. The molecule has 2 amide bonds. The van der Waals surface area contributed by atoms with Crippen LogP contribution in [0, 0.1) is 0 Å². The Hall–Kier alpha value is -4.07. The molecule has 0 saturated carbocycles. The van der Waals surface area contributed by atoms with Gasteiger partial charge in [0.2, 0.25) is 0 Å². The normalized spacial score (nSPS) is 10.9. The number of carbonyl (C=O) groups is 2. The molecular weight excluding hydrogens is 382 g/mol. The van der Waals surface area contributed by atoms with E-state index >= 15 is 0 Å². The number of nitrogens with zero attached hydrogens (tertiary/aromatic N) is 3. The number of imidazole rings is 1. The van der Waals surface area contributed by atoms with Crippen molar-refractivity contribution in [3.05, 3.63) is 65.9 Å². The second-order valence-electron chi connectivity index (χ2n) is 6.92. The highest BCUT2D eigenvalue weighted by molar-refractivity contribution is 6.05. The number of rotatable bonds is 5. The van der Waals surface area contributed by atoms with Crippen LogP contribution in [0.3, 0.4) is 0 Å². The van der Waals surface area contributed by atoms with E-state index in [4.69, 9.17) is 15.5 Å². The van der Waals surface area contributed by atoms with Crippen LogP contribution in [0.4, 0.5) is 5.69 Å². The molecule has 8 nitrogen and oxygen atoms in total. The number of hydrogen-bond donors (Lipinski definition) is 2. The maximum atomic E-state index is 12.4. The van der Waals surface area contributed by atoms with Gasteiger partial charge in [-0.25, -0.2) is 4.98 Å². The SMILES string of the molecule is COc1c(C(N)=O)cn(C)c1-c1nc2cc(NC(=O)c3ccccc3)ccc2n1C. The van der Waals surface area contributed by atoms with Crippen LogP contribution in [0.25, 0.3) is 22.6 Å². The third-order valence-electron chi connectivity index (χ3n) is 4.99. The Labute approximate surface area is 172 Å². The van der Waals surface area contributed by atoms with Gasteiger partial charge in [-0.1, -0.05) is 18.2 Å². The third-order valence-corrected chi connectivity index (χ3v) is 4.99. The molecule has 152 valence electrons. The molecule has 0 fully saturated rings. The molecular formula is C22H21N5O3. The van der Waals surface area contributed by atoms with E-state index < -0.39 is 5.91 Å². The standard InChI is InChI=1S/C22H21N5O3/c1-26-12-15(20(23)28)19(30-3)18(26)21-25-16-11-14(9-10-17(16)27(21)2)24-22(29)13-7-5-4-6-8-13/h4-12H,1-3H3,(H2,23,28)(H,24,29). The summed E-state index contributed by atoms with van der Waals surface area (Å²) < 4.78 is 9.12. The summed E-state index contributed by atoms with van der Waals surface area (Å²) in [6, 6.07) is 14.5. The zero-order valence-electron chi connectivity index (χ0n) is 16.8. The maximum Gasteiger partial charge on any atom is 0.255 e. The number of aryl methyl sites for hydroxylation is 2. The average Bonchev–Trinajstić information content (AvgIpc) is 3.24. The van der Waals surface area contributed by atoms with Crippen LogP contribution >= 0.6 is 0 Å². The lowest BCUT2D eigenvalue weighted by atomic mass is 10.2. The zero-order chi connectivity index (χ0) is 21.4. The number of benzene rings is 2. The van der Waals surface area contributed by atoms with Crippen molar-refractivity contribution in [1.29, 1.82) is 0 Å². The Morgan fingerprint density at radius 2 is 1.83 bits per heavy atom. The monoisotopic (exact) mass is 403 g/mol. The molecule has 4 aromatic rings. The Kier molecular flexibility index (Phi) is 4.75. The molecule has 0 spiro atoms. The minimum Gasteiger partial charge on any atom is -0.494 e. The minimum absolute atomic E-state index is 0.193. The second kappa shape index (κ2) is 7.40. The smallest absolute Gasteiger partial charge is 0.255 e. The number of nitrogens with one attached hydrogen (secondary N) is 1. The van der Waals surface area contributed by atoms with Crippen LogP contribution in [0.1, 0.15) is 20.7 Å². The number of nitrogens with two attached hydrogens (primary N) is 1. The van der Waals surface area contributed by atoms with Gasteiger partial charge in [-0.15, -0.1) is 0 Å². The summed E-state index contributed by atoms with van der Waals surface area (Å²) in [5.74, 6) is 0.226. The number of hydrogen-bond acceptors (Lipinski definition) is 4. The summed E-state index contributed by atoms with van der Waals surface area (Å²) in [5.41, 5.74) is 9.18. The van der Waals surface area contributed by atoms with E-state index in [9.17, 15) is 9.59 Å². The molecule has 8 heteroatoms. The molecule has 0 saturated heterocycles. The zero-order valence-corrected chi connectivity index (χ0v) is 16.8. The molecule has 0 radical (unpaired) electrons. The summed E-state index contributed by atoms with van der Waals surface area (Å²) in [7, 11) is 5.17. The van der Waals surface area contributed by atoms with E-state index in [0.29, 0.717) is 34.0 Å². The van der Waals surface area contributed by atoms with Crippen molar-refractivity contribution >= 4 is 28.5 Å². The van der Waals surface area contributed by atoms with Crippen LogP contribution in [0.15, 0.2) is 54.7 Å². The largest absolute Gasteiger partial charge is 0.494 e. The summed E-state index contributed by atoms with van der Waals surface area (Å²) in [6.45, 7) is 0. The Balaban J connectivity index is 1.75. The van der Waals surface area contributed by atoms with Crippen LogP contribution < -0.4 is 15.8 Å². The van der Waals surface area contributed by atoms with Gasteiger partial charge >= 0.3 is 0 Å². The topological polar surface area (TPSA) is 104 Å². The first-order valence-electron chi connectivity index (χ1n) is 9.27. The molecule has 2 heterocycles. The van der Waals surface area contributed by atoms with Crippen molar-refractivity contribution in [2.24, 2.45) is 19.8 Å². The van der Waals surface area contributed by atoms with E-state index in [1.54, 1.807) is 29.9 Å². The van der Waals surface area contributed by atoms with Crippen molar-refractivity contribution in [3.63, 3.8) is 0 Å². The molecule has 0 atom stereocenters. The average molecular weight is 403 g/mol. The van der Waals surface area contributed by atoms with Crippen LogP contribution in [0.2, 0.25) is 0 Å². The lowest BCUT2D eigenvalue weighted by Gasteiger charge is -2.07. The van der Waals surface area contributed by atoms with Crippen LogP contribution in [-0.4, -0.2) is 33.0 Å². The molecule has 3 N–H and O–H groups in total. The van der Waals surface area contributed by atoms with Crippen molar-refractivity contribution in [2.45, 2.75) is 0 Å². The molecule has 0 aliphatic heterocycles. The Morgan fingerprint density at radius 3 is 2.50 bits per heavy atom. The number of carbonyl (C=O) groups excluding carboxylic acids is 2. The quantitative estimate of drug-likeness (QED) is 0.535. The van der Waals surface area contributed by atoms with Gasteiger partial charge in [-0.05, 0) is 30.3 Å². The highest BCUT2D eigenvalue weighted by atomic mass is 16.5. The Morgan fingerprint density at radius 1 is 1.10 bits per heavy atom. The first-order valence-corrected chi connectivity index (χ1v) is 9.27. The molecule has 0 aliphatic carbocycles. The van der Waals surface area contributed by atoms with Gasteiger partial charge in [0.1, 0.15) is 5.69 Å². The maximum absolute atomic E-state index is 12.4. The predicted octanol–water partition coefficient (Wildman–Crippen LogP) is 2.94. The van der Waals surface area contributed by atoms with E-state index in [1.807, 2.05) is 48.0 Å². The van der Waals surface area contributed by atoms with Gasteiger partial charge in [0, 0.05) is 31.5 Å². The third kappa shape index (κ3) is 3.18. The number of primary amides is 1. The number of aromatic nitrogens is 3. The highest BCUT2D eigenvalue weighted by Crippen LogP contribution is 2.35. The molecule has 2 aromatic heterocycles. The molecule has 0 unspecified atom stereocenters. The van der Waals surface area contributed by atoms with Crippen molar-refractivity contribution in [2.75, 3.05) is 12.4 Å². The minimum atomic E-state index is -0.571. The van der Waals surface area contributed by atoms with Crippen molar-refractivity contribution < 1.29 is 14.3 Å². The number of methoxy groups -OCH3 is 1. The number of anilines is 1. The van der Waals surface area contributed by atoms with E-state index in [2.05, 4.69) is 5.32 Å². The van der Waals surface area contributed by atoms with Gasteiger partial charge in [-0.3, -0.25) is 9.59 Å². The predicted molar refractivity (Wildman–Crippen MR) is 115 cm³/mol. The molecule has 0 aliphatic rings. The van der Waals surface area contributed by atoms with Gasteiger partial charge in [-0.2, -0.15) is 0 Å². The first-order chi connectivity index (χ1) is 14.4. The fraction of sp³-hybridized carbons (Fsp3) is 0.136. The lowest BCUT2D eigenvalue weighted by Crippen LogP contribution is -2.11. The fourth-order valence-corrected chi connectivity index (χ4v) is 3.53. The molecule has 2 aromatic carbocycles. The summed E-state index contributed by atoms with van der Waals surface area (Å²) in [5, 5.41) is 2.89. The summed E-state index contributed by atoms with van der Waals surface area (Å²) >= 11 is 0. The van der Waals surface area contributed by atoms with Gasteiger partial charge < -0.3 is 24.9 Å². The first kappa shape index (κ1) is 19.3. The van der Waals surface area contributed by atoms with Crippen LogP contribution in [0.5, 0.6) is 5.75 Å². The molecule has 0 bridgehead atoms. The fourth-order valence-electron chi connectivity index (χ4n) is 3.53. The van der Waals surface area contributed by atoms with Crippen LogP contribution in [-0.2, 0) is 14.1 Å². The second-order valence-corrected chi connectivity index (χ2v) is 6.92. The van der Waals surface area contributed by atoms with Gasteiger partial charge in [0.15, 0.2) is 11.6 Å². The number of fused-ring (bicyclic) bond motifs is 1. The van der Waals surface area contributed by atoms with E-state index in [1.165, 1.54) is 7.11 Å². The number of amides is 2. The highest BCUT2D eigenvalue weighted by Gasteiger charge is 2.24. The van der Waals surface area contributed by atoms with E-state index in [0.717, 1.165) is 5.52 Å². The molecule has 30 heavy (non-hydrogen) atoms.